The van der Waals surface area contributed by atoms with Crippen LogP contribution in [-0.4, -0.2) is 91.4 Å². The molecule has 12 nitrogen and oxygen atoms in total. The number of carbonyl (C=O) groups excluding carboxylic acids is 2. The van der Waals surface area contributed by atoms with Crippen LogP contribution in [-0.2, 0) is 37.6 Å². The Hall–Kier alpha value is -1.42. The SMILES string of the molecule is CCC1OC(OC2C(C)C(CC)OC(OCCOP(OCCC#N)N(C(C)C)C(C)C)C2NC(C)=O)C(NC(C)=O)C(C)C1C. The van der Waals surface area contributed by atoms with Crippen molar-refractivity contribution >= 4 is 20.3 Å². The normalized spacial score (nSPS) is 32.8. The van der Waals surface area contributed by atoms with Gasteiger partial charge in [-0.1, -0.05) is 34.6 Å². The minimum Gasteiger partial charge on any atom is -0.348 e. The molecule has 2 fully saturated rings. The lowest BCUT2D eigenvalue weighted by molar-refractivity contribution is -0.306. The summed E-state index contributed by atoms with van der Waals surface area (Å²) in [7, 11) is -1.42. The minimum atomic E-state index is -1.42. The summed E-state index contributed by atoms with van der Waals surface area (Å²) >= 11 is 0. The number of ether oxygens (including phenoxy) is 4. The van der Waals surface area contributed by atoms with Crippen LogP contribution in [0.5, 0.6) is 0 Å². The molecule has 11 atom stereocenters. The van der Waals surface area contributed by atoms with Crippen molar-refractivity contribution in [2.24, 2.45) is 17.8 Å². The maximum atomic E-state index is 12.5. The van der Waals surface area contributed by atoms with Crippen molar-refractivity contribution in [1.82, 2.24) is 15.3 Å². The predicted octanol–water partition coefficient (Wildman–Crippen LogP) is 4.87. The molecular weight excluding hydrogens is 599 g/mol. The van der Waals surface area contributed by atoms with Crippen LogP contribution in [0.3, 0.4) is 0 Å². The Balaban J connectivity index is 2.26. The Bertz CT molecular complexity index is 945. The summed E-state index contributed by atoms with van der Waals surface area (Å²) in [5.41, 5.74) is 0. The molecule has 0 aromatic rings. The average molecular weight is 659 g/mol. The van der Waals surface area contributed by atoms with Crippen LogP contribution in [0.2, 0.25) is 0 Å². The summed E-state index contributed by atoms with van der Waals surface area (Å²) < 4.78 is 40.3. The van der Waals surface area contributed by atoms with Crippen LogP contribution < -0.4 is 10.6 Å². The fraction of sp³-hybridized carbons (Fsp3) is 0.906. The van der Waals surface area contributed by atoms with Crippen molar-refractivity contribution in [3.05, 3.63) is 0 Å². The first-order valence-electron chi connectivity index (χ1n) is 16.6. The van der Waals surface area contributed by atoms with Gasteiger partial charge < -0.3 is 38.6 Å². The van der Waals surface area contributed by atoms with Crippen molar-refractivity contribution in [3.8, 4) is 6.07 Å². The zero-order chi connectivity index (χ0) is 33.8. The highest BCUT2D eigenvalue weighted by Crippen LogP contribution is 2.46. The maximum Gasteiger partial charge on any atom is 0.259 e. The molecule has 2 N–H and O–H groups in total. The van der Waals surface area contributed by atoms with E-state index in [9.17, 15) is 9.59 Å². The first-order chi connectivity index (χ1) is 21.3. The number of hydrogen-bond acceptors (Lipinski definition) is 10. The fourth-order valence-corrected chi connectivity index (χ4v) is 7.91. The summed E-state index contributed by atoms with van der Waals surface area (Å²) in [5, 5.41) is 15.1. The molecule has 11 unspecified atom stereocenters. The van der Waals surface area contributed by atoms with Gasteiger partial charge >= 0.3 is 0 Å². The molecule has 260 valence electrons. The Morgan fingerprint density at radius 2 is 1.36 bits per heavy atom. The zero-order valence-corrected chi connectivity index (χ0v) is 30.2. The van der Waals surface area contributed by atoms with Crippen molar-refractivity contribution in [3.63, 3.8) is 0 Å². The molecule has 2 rings (SSSR count). The number of nitriles is 1. The molecule has 2 amide bonds. The average Bonchev–Trinajstić information content (AvgIpc) is 2.96. The van der Waals surface area contributed by atoms with Crippen molar-refractivity contribution in [2.75, 3.05) is 19.8 Å². The van der Waals surface area contributed by atoms with Gasteiger partial charge in [0, 0.05) is 31.8 Å². The first kappa shape index (κ1) is 39.8. The molecule has 0 saturated carbocycles. The summed E-state index contributed by atoms with van der Waals surface area (Å²) in [6, 6.07) is 1.48. The standard InChI is InChI=1S/C32H59N4O8P/c1-12-26-21(7)22(8)28(34-24(10)37)32(43-26)44-30-23(9)27(13-2)42-31(29(30)35-25(11)38)39-17-18-41-45(40-16-14-15-33)36(19(3)4)20(5)6/h19-23,26-32H,12-14,16-18H2,1-11H3,(H,34,37)(H,35,38). The van der Waals surface area contributed by atoms with Crippen molar-refractivity contribution in [1.29, 1.82) is 5.26 Å². The van der Waals surface area contributed by atoms with Crippen LogP contribution in [0.25, 0.3) is 0 Å². The van der Waals surface area contributed by atoms with Crippen LogP contribution in [0.1, 0.15) is 95.4 Å². The van der Waals surface area contributed by atoms with Gasteiger partial charge in [-0.25, -0.2) is 4.67 Å². The smallest absolute Gasteiger partial charge is 0.259 e. The molecule has 0 aliphatic carbocycles. The van der Waals surface area contributed by atoms with E-state index in [1.54, 1.807) is 0 Å². The van der Waals surface area contributed by atoms with Gasteiger partial charge in [-0.15, -0.1) is 0 Å². The maximum absolute atomic E-state index is 12.5. The van der Waals surface area contributed by atoms with E-state index in [-0.39, 0.29) is 86.1 Å². The molecule has 2 heterocycles. The number of rotatable bonds is 17. The van der Waals surface area contributed by atoms with Crippen LogP contribution in [0, 0.1) is 29.1 Å². The van der Waals surface area contributed by atoms with Crippen LogP contribution >= 0.6 is 8.53 Å². The molecule has 0 radical (unpaired) electrons. The lowest BCUT2D eigenvalue weighted by Crippen LogP contribution is -2.65. The van der Waals surface area contributed by atoms with Gasteiger partial charge in [-0.05, 0) is 52.4 Å². The summed E-state index contributed by atoms with van der Waals surface area (Å²) in [6.07, 6.45) is -0.449. The molecular formula is C32H59N4O8P. The molecule has 2 aliphatic rings. The monoisotopic (exact) mass is 658 g/mol. The first-order valence-corrected chi connectivity index (χ1v) is 17.7. The third kappa shape index (κ3) is 11.4. The number of amides is 2. The summed E-state index contributed by atoms with van der Waals surface area (Å²) in [5.74, 6) is -0.158. The van der Waals surface area contributed by atoms with Crippen molar-refractivity contribution < 1.29 is 37.6 Å². The molecule has 45 heavy (non-hydrogen) atoms. The van der Waals surface area contributed by atoms with E-state index >= 15 is 0 Å². The van der Waals surface area contributed by atoms with E-state index in [0.29, 0.717) is 6.42 Å². The van der Waals surface area contributed by atoms with Gasteiger partial charge in [0.2, 0.25) is 11.8 Å². The Labute approximate surface area is 272 Å². The van der Waals surface area contributed by atoms with Gasteiger partial charge in [-0.3, -0.25) is 9.59 Å². The van der Waals surface area contributed by atoms with Gasteiger partial charge in [0.1, 0.15) is 6.04 Å². The topological polar surface area (TPSA) is 141 Å². The van der Waals surface area contributed by atoms with Gasteiger partial charge in [0.25, 0.3) is 8.53 Å². The number of carbonyl (C=O) groups is 2. The fourth-order valence-electron chi connectivity index (χ4n) is 6.34. The van der Waals surface area contributed by atoms with Gasteiger partial charge in [-0.2, -0.15) is 5.26 Å². The Kier molecular flexibility index (Phi) is 17.2. The molecule has 0 aromatic heterocycles. The Morgan fingerprint density at radius 3 is 1.89 bits per heavy atom. The zero-order valence-electron chi connectivity index (χ0n) is 29.3. The third-order valence-electron chi connectivity index (χ3n) is 8.71. The predicted molar refractivity (Wildman–Crippen MR) is 173 cm³/mol. The largest absolute Gasteiger partial charge is 0.348 e. The quantitative estimate of drug-likeness (QED) is 0.164. The second-order valence-corrected chi connectivity index (χ2v) is 14.2. The Morgan fingerprint density at radius 1 is 0.822 bits per heavy atom. The highest BCUT2D eigenvalue weighted by atomic mass is 31.2. The number of nitrogens with zero attached hydrogens (tertiary/aromatic N) is 2. The van der Waals surface area contributed by atoms with E-state index in [2.05, 4.69) is 69.8 Å². The van der Waals surface area contributed by atoms with E-state index in [0.717, 1.165) is 6.42 Å². The lowest BCUT2D eigenvalue weighted by Gasteiger charge is -2.50. The molecule has 0 spiro atoms. The van der Waals surface area contributed by atoms with Crippen LogP contribution in [0.4, 0.5) is 0 Å². The highest BCUT2D eigenvalue weighted by molar-refractivity contribution is 7.44. The van der Waals surface area contributed by atoms with Gasteiger partial charge in [0.05, 0.1) is 56.7 Å². The number of hydrogen-bond donors (Lipinski definition) is 2. The van der Waals surface area contributed by atoms with Crippen LogP contribution in [0.15, 0.2) is 0 Å². The van der Waals surface area contributed by atoms with E-state index < -0.39 is 33.3 Å². The second kappa shape index (κ2) is 19.4. The third-order valence-corrected chi connectivity index (χ3v) is 10.8. The van der Waals surface area contributed by atoms with E-state index in [1.165, 1.54) is 13.8 Å². The highest BCUT2D eigenvalue weighted by Gasteiger charge is 2.49. The lowest BCUT2D eigenvalue weighted by atomic mass is 9.81. The van der Waals surface area contributed by atoms with E-state index in [4.69, 9.17) is 33.3 Å². The molecule has 0 aromatic carbocycles. The molecule has 2 aliphatic heterocycles. The number of nitrogens with one attached hydrogen (secondary N) is 2. The summed E-state index contributed by atoms with van der Waals surface area (Å²) in [6.45, 7) is 22.4. The second-order valence-electron chi connectivity index (χ2n) is 12.8. The van der Waals surface area contributed by atoms with E-state index in [1.807, 2.05) is 13.8 Å². The molecule has 13 heteroatoms. The van der Waals surface area contributed by atoms with Gasteiger partial charge in [0.15, 0.2) is 12.6 Å². The summed E-state index contributed by atoms with van der Waals surface area (Å²) in [4.78, 5) is 24.7. The molecule has 2 saturated heterocycles. The molecule has 0 bridgehead atoms. The van der Waals surface area contributed by atoms with Crippen molar-refractivity contribution in [2.45, 2.75) is 150 Å². The minimum absolute atomic E-state index is 0.0305.